The summed E-state index contributed by atoms with van der Waals surface area (Å²) in [5.41, 5.74) is 2.45. The Morgan fingerprint density at radius 3 is 2.82 bits per heavy atom. The second-order valence-corrected chi connectivity index (χ2v) is 4.16. The van der Waals surface area contributed by atoms with Crippen molar-refractivity contribution in [2.45, 2.75) is 19.1 Å². The molecule has 1 aliphatic heterocycles. The number of carbonyl (C=O) groups is 1. The molecule has 1 aromatic rings. The van der Waals surface area contributed by atoms with Gasteiger partial charge < -0.3 is 14.8 Å². The summed E-state index contributed by atoms with van der Waals surface area (Å²) in [7, 11) is 1.37. The van der Waals surface area contributed by atoms with Crippen molar-refractivity contribution < 1.29 is 14.3 Å². The van der Waals surface area contributed by atoms with E-state index >= 15 is 0 Å². The van der Waals surface area contributed by atoms with Crippen molar-refractivity contribution in [1.29, 1.82) is 0 Å². The van der Waals surface area contributed by atoms with E-state index in [1.165, 1.54) is 18.2 Å². The van der Waals surface area contributed by atoms with Crippen LogP contribution in [0.5, 0.6) is 0 Å². The fourth-order valence-corrected chi connectivity index (χ4v) is 2.04. The summed E-state index contributed by atoms with van der Waals surface area (Å²) >= 11 is 0. The normalized spacial score (nSPS) is 24.4. The molecule has 0 aromatic heterocycles. The number of methoxy groups -OCH3 is 1. The van der Waals surface area contributed by atoms with Gasteiger partial charge in [0.25, 0.3) is 0 Å². The van der Waals surface area contributed by atoms with Crippen molar-refractivity contribution in [2.75, 3.05) is 20.3 Å². The smallest absolute Gasteiger partial charge is 0.336 e. The molecule has 1 saturated heterocycles. The Bertz CT molecular complexity index is 397. The predicted octanol–water partition coefficient (Wildman–Crippen LogP) is 1.20. The highest BCUT2D eigenvalue weighted by Crippen LogP contribution is 2.21. The largest absolute Gasteiger partial charge is 0.467 e. The Morgan fingerprint density at radius 2 is 2.24 bits per heavy atom. The van der Waals surface area contributed by atoms with Gasteiger partial charge in [-0.15, -0.1) is 0 Å². The average Bonchev–Trinajstić information content (AvgIpc) is 2.39. The van der Waals surface area contributed by atoms with Crippen LogP contribution in [0.3, 0.4) is 0 Å². The maximum atomic E-state index is 11.3. The number of hydrogen-bond donors (Lipinski definition) is 1. The van der Waals surface area contributed by atoms with Crippen molar-refractivity contribution in [3.8, 4) is 0 Å². The Balaban J connectivity index is 2.00. The number of hydrogen-bond acceptors (Lipinski definition) is 4. The molecule has 1 N–H and O–H groups in total. The zero-order chi connectivity index (χ0) is 12.3. The summed E-state index contributed by atoms with van der Waals surface area (Å²) < 4.78 is 10.2. The van der Waals surface area contributed by atoms with Gasteiger partial charge >= 0.3 is 5.97 Å². The summed E-state index contributed by atoms with van der Waals surface area (Å²) in [6.45, 7) is 3.06. The van der Waals surface area contributed by atoms with Crippen molar-refractivity contribution in [2.24, 2.45) is 0 Å². The van der Waals surface area contributed by atoms with Gasteiger partial charge in [-0.05, 0) is 18.1 Å². The molecule has 4 heteroatoms. The van der Waals surface area contributed by atoms with Crippen LogP contribution >= 0.6 is 0 Å². The highest BCUT2D eigenvalue weighted by molar-refractivity contribution is 5.74. The van der Waals surface area contributed by atoms with Gasteiger partial charge in [-0.3, -0.25) is 0 Å². The zero-order valence-corrected chi connectivity index (χ0v) is 10.1. The average molecular weight is 235 g/mol. The lowest BCUT2D eigenvalue weighted by molar-refractivity contribution is -0.156. The van der Waals surface area contributed by atoms with Crippen molar-refractivity contribution >= 4 is 5.97 Å². The Kier molecular flexibility index (Phi) is 3.76. The first-order chi connectivity index (χ1) is 8.22. The highest BCUT2D eigenvalue weighted by atomic mass is 16.6. The second-order valence-electron chi connectivity index (χ2n) is 4.16. The van der Waals surface area contributed by atoms with E-state index in [1.54, 1.807) is 0 Å². The van der Waals surface area contributed by atoms with Crippen molar-refractivity contribution in [1.82, 2.24) is 5.32 Å². The fraction of sp³-hybridized carbons (Fsp3) is 0.462. The van der Waals surface area contributed by atoms with E-state index in [-0.39, 0.29) is 12.0 Å². The Labute approximate surface area is 101 Å². The first-order valence-corrected chi connectivity index (χ1v) is 5.70. The van der Waals surface area contributed by atoms with Crippen LogP contribution in [-0.4, -0.2) is 32.3 Å². The van der Waals surface area contributed by atoms with E-state index in [0.717, 1.165) is 0 Å². The molecular weight excluding hydrogens is 218 g/mol. The molecule has 2 rings (SSSR count). The SMILES string of the molecule is COC(=O)C1CNC(c2ccccc2C)CO1. The third-order valence-electron chi connectivity index (χ3n) is 3.04. The van der Waals surface area contributed by atoms with Gasteiger partial charge in [0, 0.05) is 6.54 Å². The minimum Gasteiger partial charge on any atom is -0.467 e. The predicted molar refractivity (Wildman–Crippen MR) is 63.7 cm³/mol. The summed E-state index contributed by atoms with van der Waals surface area (Å²) in [4.78, 5) is 11.3. The van der Waals surface area contributed by atoms with E-state index in [0.29, 0.717) is 13.2 Å². The van der Waals surface area contributed by atoms with Gasteiger partial charge in [-0.2, -0.15) is 0 Å². The molecule has 2 atom stereocenters. The summed E-state index contributed by atoms with van der Waals surface area (Å²) in [6.07, 6.45) is -0.486. The fourth-order valence-electron chi connectivity index (χ4n) is 2.04. The third kappa shape index (κ3) is 2.65. The molecule has 0 bridgehead atoms. The monoisotopic (exact) mass is 235 g/mol. The van der Waals surface area contributed by atoms with Crippen LogP contribution in [0.2, 0.25) is 0 Å². The maximum Gasteiger partial charge on any atom is 0.336 e. The highest BCUT2D eigenvalue weighted by Gasteiger charge is 2.28. The van der Waals surface area contributed by atoms with E-state index < -0.39 is 6.10 Å². The number of nitrogens with one attached hydrogen (secondary N) is 1. The maximum absolute atomic E-state index is 11.3. The zero-order valence-electron chi connectivity index (χ0n) is 10.1. The molecule has 0 amide bonds. The molecule has 0 radical (unpaired) electrons. The molecule has 1 fully saturated rings. The number of aryl methyl sites for hydroxylation is 1. The van der Waals surface area contributed by atoms with Gasteiger partial charge in [0.1, 0.15) is 0 Å². The first kappa shape index (κ1) is 12.1. The van der Waals surface area contributed by atoms with Crippen LogP contribution < -0.4 is 5.32 Å². The summed E-state index contributed by atoms with van der Waals surface area (Å²) in [5.74, 6) is -0.319. The van der Waals surface area contributed by atoms with E-state index in [2.05, 4.69) is 29.1 Å². The Hall–Kier alpha value is -1.39. The quantitative estimate of drug-likeness (QED) is 0.782. The number of rotatable bonds is 2. The lowest BCUT2D eigenvalue weighted by Gasteiger charge is -2.29. The molecule has 1 aliphatic rings. The lowest BCUT2D eigenvalue weighted by atomic mass is 10.0. The number of morpholine rings is 1. The van der Waals surface area contributed by atoms with Crippen molar-refractivity contribution in [3.63, 3.8) is 0 Å². The van der Waals surface area contributed by atoms with E-state index in [1.807, 2.05) is 12.1 Å². The number of esters is 1. The number of benzene rings is 1. The molecule has 4 nitrogen and oxygen atoms in total. The Morgan fingerprint density at radius 1 is 1.47 bits per heavy atom. The van der Waals surface area contributed by atoms with Gasteiger partial charge in [0.2, 0.25) is 0 Å². The number of ether oxygens (including phenoxy) is 2. The van der Waals surface area contributed by atoms with Crippen LogP contribution in [0.25, 0.3) is 0 Å². The second kappa shape index (κ2) is 5.29. The van der Waals surface area contributed by atoms with Crippen LogP contribution in [0.4, 0.5) is 0 Å². The van der Waals surface area contributed by atoms with Gasteiger partial charge in [-0.25, -0.2) is 4.79 Å². The minimum absolute atomic E-state index is 0.150. The molecule has 0 spiro atoms. The minimum atomic E-state index is -0.486. The van der Waals surface area contributed by atoms with E-state index in [4.69, 9.17) is 4.74 Å². The molecule has 92 valence electrons. The van der Waals surface area contributed by atoms with Crippen LogP contribution in [0.15, 0.2) is 24.3 Å². The third-order valence-corrected chi connectivity index (χ3v) is 3.04. The molecule has 2 unspecified atom stereocenters. The van der Waals surface area contributed by atoms with E-state index in [9.17, 15) is 4.79 Å². The van der Waals surface area contributed by atoms with Gasteiger partial charge in [0.05, 0.1) is 19.8 Å². The summed E-state index contributed by atoms with van der Waals surface area (Å²) in [6, 6.07) is 8.33. The molecule has 1 heterocycles. The van der Waals surface area contributed by atoms with Crippen molar-refractivity contribution in [3.05, 3.63) is 35.4 Å². The molecule has 0 saturated carbocycles. The molecule has 1 aromatic carbocycles. The molecule has 17 heavy (non-hydrogen) atoms. The molecule has 0 aliphatic carbocycles. The van der Waals surface area contributed by atoms with Crippen LogP contribution in [0, 0.1) is 6.92 Å². The van der Waals surface area contributed by atoms with Gasteiger partial charge in [0.15, 0.2) is 6.10 Å². The topological polar surface area (TPSA) is 47.6 Å². The number of carbonyl (C=O) groups excluding carboxylic acids is 1. The lowest BCUT2D eigenvalue weighted by Crippen LogP contribution is -2.45. The first-order valence-electron chi connectivity index (χ1n) is 5.70. The molecular formula is C13H17NO3. The summed E-state index contributed by atoms with van der Waals surface area (Å²) in [5, 5.41) is 3.32. The standard InChI is InChI=1S/C13H17NO3/c1-9-5-3-4-6-10(9)11-8-17-12(7-14-11)13(15)16-2/h3-6,11-12,14H,7-8H2,1-2H3. The van der Waals surface area contributed by atoms with Crippen LogP contribution in [0.1, 0.15) is 17.2 Å². The van der Waals surface area contributed by atoms with Crippen LogP contribution in [-0.2, 0) is 14.3 Å². The van der Waals surface area contributed by atoms with Gasteiger partial charge in [-0.1, -0.05) is 24.3 Å².